The van der Waals surface area contributed by atoms with E-state index in [1.807, 2.05) is 24.3 Å². The zero-order valence-electron chi connectivity index (χ0n) is 15.4. The standard InChI is InChI=1S/C22H26O2/c1-21(2,3)23-19-15-11-7-9-13-17(15)20(24-22(4,5)6)18-14-10-8-12-16(18)19/h7-14H,1-6H3. The normalized spacial score (nSPS) is 12.6. The molecule has 0 aromatic heterocycles. The Morgan fingerprint density at radius 2 is 0.750 bits per heavy atom. The number of hydrogen-bond donors (Lipinski definition) is 0. The van der Waals surface area contributed by atoms with Crippen molar-refractivity contribution in [3.63, 3.8) is 0 Å². The summed E-state index contributed by atoms with van der Waals surface area (Å²) in [5, 5.41) is 4.35. The molecule has 0 saturated carbocycles. The lowest BCUT2D eigenvalue weighted by molar-refractivity contribution is 0.131. The Morgan fingerprint density at radius 1 is 0.500 bits per heavy atom. The number of fused-ring (bicyclic) bond motifs is 2. The molecule has 0 bridgehead atoms. The summed E-state index contributed by atoms with van der Waals surface area (Å²) >= 11 is 0. The highest BCUT2D eigenvalue weighted by Gasteiger charge is 2.22. The summed E-state index contributed by atoms with van der Waals surface area (Å²) in [5.41, 5.74) is -0.532. The van der Waals surface area contributed by atoms with Gasteiger partial charge in [-0.25, -0.2) is 0 Å². The predicted molar refractivity (Wildman–Crippen MR) is 102 cm³/mol. The zero-order chi connectivity index (χ0) is 17.5. The van der Waals surface area contributed by atoms with Crippen molar-refractivity contribution in [2.45, 2.75) is 52.7 Å². The lowest BCUT2D eigenvalue weighted by atomic mass is 9.99. The van der Waals surface area contributed by atoms with Crippen LogP contribution in [0.1, 0.15) is 41.5 Å². The van der Waals surface area contributed by atoms with E-state index in [9.17, 15) is 0 Å². The molecule has 2 nitrogen and oxygen atoms in total. The molecular formula is C22H26O2. The third-order valence-corrected chi connectivity index (χ3v) is 3.65. The lowest BCUT2D eigenvalue weighted by Gasteiger charge is -2.27. The van der Waals surface area contributed by atoms with Gasteiger partial charge in [0.2, 0.25) is 0 Å². The second kappa shape index (κ2) is 5.70. The fourth-order valence-electron chi connectivity index (χ4n) is 2.88. The Balaban J connectivity index is 2.41. The van der Waals surface area contributed by atoms with E-state index in [2.05, 4.69) is 65.8 Å². The summed E-state index contributed by atoms with van der Waals surface area (Å²) in [7, 11) is 0. The van der Waals surface area contributed by atoms with Gasteiger partial charge in [0.25, 0.3) is 0 Å². The van der Waals surface area contributed by atoms with Crippen molar-refractivity contribution in [1.82, 2.24) is 0 Å². The summed E-state index contributed by atoms with van der Waals surface area (Å²) in [6, 6.07) is 16.6. The van der Waals surface area contributed by atoms with Gasteiger partial charge in [0, 0.05) is 21.5 Å². The molecule has 3 aromatic carbocycles. The van der Waals surface area contributed by atoms with Crippen LogP contribution in [0.4, 0.5) is 0 Å². The third-order valence-electron chi connectivity index (χ3n) is 3.65. The first-order chi connectivity index (χ1) is 11.2. The molecule has 3 aromatic rings. The van der Waals surface area contributed by atoms with Crippen LogP contribution in [0.3, 0.4) is 0 Å². The predicted octanol–water partition coefficient (Wildman–Crippen LogP) is 6.35. The maximum atomic E-state index is 6.36. The summed E-state index contributed by atoms with van der Waals surface area (Å²) in [6.45, 7) is 12.5. The van der Waals surface area contributed by atoms with Gasteiger partial charge in [-0.2, -0.15) is 0 Å². The van der Waals surface area contributed by atoms with Crippen LogP contribution >= 0.6 is 0 Å². The van der Waals surface area contributed by atoms with E-state index in [1.165, 1.54) is 0 Å². The molecule has 0 N–H and O–H groups in total. The molecule has 0 radical (unpaired) electrons. The van der Waals surface area contributed by atoms with E-state index in [4.69, 9.17) is 9.47 Å². The molecule has 3 rings (SSSR count). The second-order valence-electron chi connectivity index (χ2n) is 8.18. The highest BCUT2D eigenvalue weighted by atomic mass is 16.5. The Labute approximate surface area is 144 Å². The molecule has 0 fully saturated rings. The molecule has 0 aliphatic carbocycles. The molecule has 0 heterocycles. The minimum atomic E-state index is -0.266. The van der Waals surface area contributed by atoms with Crippen LogP contribution in [0.25, 0.3) is 21.5 Å². The van der Waals surface area contributed by atoms with Gasteiger partial charge in [-0.15, -0.1) is 0 Å². The van der Waals surface area contributed by atoms with E-state index >= 15 is 0 Å². The Hall–Kier alpha value is -2.22. The van der Waals surface area contributed by atoms with E-state index in [0.717, 1.165) is 33.0 Å². The minimum Gasteiger partial charge on any atom is -0.487 e. The van der Waals surface area contributed by atoms with E-state index < -0.39 is 0 Å². The molecule has 0 aliphatic heterocycles. The third kappa shape index (κ3) is 3.33. The van der Waals surface area contributed by atoms with Crippen LogP contribution in [0.15, 0.2) is 48.5 Å². The highest BCUT2D eigenvalue weighted by molar-refractivity contribution is 6.11. The first-order valence-corrected chi connectivity index (χ1v) is 8.47. The van der Waals surface area contributed by atoms with Crippen molar-refractivity contribution in [3.05, 3.63) is 48.5 Å². The number of benzene rings is 3. The van der Waals surface area contributed by atoms with Crippen LogP contribution in [-0.2, 0) is 0 Å². The van der Waals surface area contributed by atoms with E-state index in [-0.39, 0.29) is 11.2 Å². The topological polar surface area (TPSA) is 18.5 Å². The first kappa shape index (κ1) is 16.6. The van der Waals surface area contributed by atoms with Crippen molar-refractivity contribution >= 4 is 21.5 Å². The maximum absolute atomic E-state index is 6.36. The fraction of sp³-hybridized carbons (Fsp3) is 0.364. The quantitative estimate of drug-likeness (QED) is 0.512. The van der Waals surface area contributed by atoms with Crippen LogP contribution in [-0.4, -0.2) is 11.2 Å². The Kier molecular flexibility index (Phi) is 3.95. The zero-order valence-corrected chi connectivity index (χ0v) is 15.4. The molecule has 24 heavy (non-hydrogen) atoms. The lowest BCUT2D eigenvalue weighted by Crippen LogP contribution is -2.24. The second-order valence-corrected chi connectivity index (χ2v) is 8.18. The van der Waals surface area contributed by atoms with Gasteiger partial charge in [0.15, 0.2) is 0 Å². The van der Waals surface area contributed by atoms with E-state index in [0.29, 0.717) is 0 Å². The molecule has 0 spiro atoms. The molecular weight excluding hydrogens is 296 g/mol. The fourth-order valence-corrected chi connectivity index (χ4v) is 2.88. The van der Waals surface area contributed by atoms with Gasteiger partial charge < -0.3 is 9.47 Å². The van der Waals surface area contributed by atoms with Crippen molar-refractivity contribution < 1.29 is 9.47 Å². The average Bonchev–Trinajstić information content (AvgIpc) is 2.48. The molecule has 2 heteroatoms. The van der Waals surface area contributed by atoms with Gasteiger partial charge in [-0.05, 0) is 41.5 Å². The van der Waals surface area contributed by atoms with Crippen molar-refractivity contribution in [2.75, 3.05) is 0 Å². The van der Waals surface area contributed by atoms with Crippen molar-refractivity contribution in [3.8, 4) is 11.5 Å². The smallest absolute Gasteiger partial charge is 0.136 e. The summed E-state index contributed by atoms with van der Waals surface area (Å²) in [6.07, 6.45) is 0. The van der Waals surface area contributed by atoms with E-state index in [1.54, 1.807) is 0 Å². The van der Waals surface area contributed by atoms with Gasteiger partial charge in [-0.1, -0.05) is 48.5 Å². The SMILES string of the molecule is CC(C)(C)Oc1c2ccccc2c(OC(C)(C)C)c2ccccc12. The van der Waals surface area contributed by atoms with Crippen LogP contribution in [0, 0.1) is 0 Å². The molecule has 0 amide bonds. The number of ether oxygens (including phenoxy) is 2. The Bertz CT molecular complexity index is 749. The Morgan fingerprint density at radius 3 is 0.958 bits per heavy atom. The molecule has 0 saturated heterocycles. The van der Waals surface area contributed by atoms with Crippen molar-refractivity contribution in [1.29, 1.82) is 0 Å². The molecule has 0 unspecified atom stereocenters. The van der Waals surface area contributed by atoms with Crippen LogP contribution in [0.2, 0.25) is 0 Å². The summed E-state index contributed by atoms with van der Waals surface area (Å²) < 4.78 is 12.7. The summed E-state index contributed by atoms with van der Waals surface area (Å²) in [4.78, 5) is 0. The van der Waals surface area contributed by atoms with Gasteiger partial charge in [0.05, 0.1) is 0 Å². The van der Waals surface area contributed by atoms with Gasteiger partial charge in [-0.3, -0.25) is 0 Å². The van der Waals surface area contributed by atoms with Crippen LogP contribution < -0.4 is 9.47 Å². The molecule has 126 valence electrons. The van der Waals surface area contributed by atoms with Crippen molar-refractivity contribution in [2.24, 2.45) is 0 Å². The highest BCUT2D eigenvalue weighted by Crippen LogP contribution is 2.44. The largest absolute Gasteiger partial charge is 0.487 e. The maximum Gasteiger partial charge on any atom is 0.136 e. The monoisotopic (exact) mass is 322 g/mol. The average molecular weight is 322 g/mol. The summed E-state index contributed by atoms with van der Waals surface area (Å²) in [5.74, 6) is 1.85. The first-order valence-electron chi connectivity index (χ1n) is 8.47. The number of rotatable bonds is 2. The van der Waals surface area contributed by atoms with Crippen LogP contribution in [0.5, 0.6) is 11.5 Å². The van der Waals surface area contributed by atoms with Gasteiger partial charge in [0.1, 0.15) is 22.7 Å². The molecule has 0 atom stereocenters. The minimum absolute atomic E-state index is 0.266. The molecule has 0 aliphatic rings. The van der Waals surface area contributed by atoms with Gasteiger partial charge >= 0.3 is 0 Å². The number of hydrogen-bond acceptors (Lipinski definition) is 2.